The summed E-state index contributed by atoms with van der Waals surface area (Å²) < 4.78 is 0. The van der Waals surface area contributed by atoms with Gasteiger partial charge in [-0.05, 0) is 0 Å². The summed E-state index contributed by atoms with van der Waals surface area (Å²) in [5.41, 5.74) is 0.972. The Morgan fingerprint density at radius 3 is 1.80 bits per heavy atom. The van der Waals surface area contributed by atoms with Gasteiger partial charge in [-0.3, -0.25) is 0 Å². The molecule has 5 heavy (non-hydrogen) atoms. The van der Waals surface area contributed by atoms with Crippen LogP contribution in [0.5, 0.6) is 0 Å². The molecule has 0 unspecified atom stereocenters. The Morgan fingerprint density at radius 2 is 1.80 bits per heavy atom. The molecule has 0 spiro atoms. The SMILES string of the molecule is [CH-]=CCl.[Zn+][Br]. The zero-order chi connectivity index (χ0) is 4.71. The van der Waals surface area contributed by atoms with E-state index in [0.717, 1.165) is 5.54 Å². The van der Waals surface area contributed by atoms with Crippen LogP contribution in [0.15, 0.2) is 5.54 Å². The van der Waals surface area contributed by atoms with Crippen LogP contribution in [0, 0.1) is 6.58 Å². The monoisotopic (exact) mass is 204 g/mol. The van der Waals surface area contributed by atoms with Gasteiger partial charge in [0, 0.05) is 0 Å². The van der Waals surface area contributed by atoms with E-state index in [4.69, 9.17) is 0 Å². The van der Waals surface area contributed by atoms with Crippen LogP contribution in [-0.4, -0.2) is 0 Å². The molecule has 0 heterocycles. The van der Waals surface area contributed by atoms with Crippen LogP contribution in [0.2, 0.25) is 0 Å². The van der Waals surface area contributed by atoms with Crippen molar-refractivity contribution in [2.75, 3.05) is 0 Å². The van der Waals surface area contributed by atoms with Crippen molar-refractivity contribution in [2.45, 2.75) is 0 Å². The number of halogens is 2. The molecule has 0 aromatic rings. The third-order valence-corrected chi connectivity index (χ3v) is 0. The van der Waals surface area contributed by atoms with E-state index in [1.807, 2.05) is 0 Å². The van der Waals surface area contributed by atoms with E-state index in [1.165, 1.54) is 16.3 Å². The van der Waals surface area contributed by atoms with E-state index in [9.17, 15) is 0 Å². The molecule has 0 aliphatic heterocycles. The predicted molar refractivity (Wildman–Crippen MR) is 23.6 cm³/mol. The third-order valence-electron chi connectivity index (χ3n) is 0. The maximum atomic E-state index is 4.65. The molecule has 0 aromatic carbocycles. The Balaban J connectivity index is 0. The fourth-order valence-electron chi connectivity index (χ4n) is 0. The van der Waals surface area contributed by atoms with Gasteiger partial charge in [0.05, 0.1) is 0 Å². The average Bonchev–Trinajstić information content (AvgIpc) is 1.46. The normalized spacial score (nSPS) is 4.00. The fraction of sp³-hybridized carbons (Fsp3) is 0. The summed E-state index contributed by atoms with van der Waals surface area (Å²) in [4.78, 5) is 0. The van der Waals surface area contributed by atoms with Gasteiger partial charge in [-0.2, -0.15) is 5.54 Å². The molecule has 0 N–H and O–H groups in total. The van der Waals surface area contributed by atoms with E-state index in [2.05, 4.69) is 31.8 Å². The molecular formula is C2H2BrClZn. The van der Waals surface area contributed by atoms with Crippen LogP contribution in [0.1, 0.15) is 0 Å². The number of hydrogen-bond donors (Lipinski definition) is 0. The summed E-state index contributed by atoms with van der Waals surface area (Å²) in [5, 5.41) is 0. The van der Waals surface area contributed by atoms with Crippen molar-refractivity contribution in [2.24, 2.45) is 0 Å². The maximum absolute atomic E-state index is 4.65. The van der Waals surface area contributed by atoms with Gasteiger partial charge in [0.1, 0.15) is 0 Å². The molecule has 0 aromatic heterocycles. The molecule has 26 valence electrons. The van der Waals surface area contributed by atoms with E-state index in [-0.39, 0.29) is 0 Å². The van der Waals surface area contributed by atoms with Crippen molar-refractivity contribution < 1.29 is 16.3 Å². The molecule has 0 fully saturated rings. The van der Waals surface area contributed by atoms with Crippen molar-refractivity contribution in [3.63, 3.8) is 0 Å². The van der Waals surface area contributed by atoms with Crippen LogP contribution in [-0.2, 0) is 16.3 Å². The first-order valence-electron chi connectivity index (χ1n) is 0.819. The molecule has 0 nitrogen and oxygen atoms in total. The van der Waals surface area contributed by atoms with Crippen molar-refractivity contribution in [1.29, 1.82) is 0 Å². The van der Waals surface area contributed by atoms with Crippen LogP contribution >= 0.6 is 25.2 Å². The van der Waals surface area contributed by atoms with Gasteiger partial charge in [-0.1, -0.05) is 0 Å². The van der Waals surface area contributed by atoms with Gasteiger partial charge in [-0.25, -0.2) is 0 Å². The van der Waals surface area contributed by atoms with Gasteiger partial charge in [0.15, 0.2) is 0 Å². The molecule has 0 bridgehead atoms. The Bertz CT molecular complexity index is 17.1. The second-order valence-corrected chi connectivity index (χ2v) is 0.378. The molecule has 0 aliphatic rings. The van der Waals surface area contributed by atoms with Crippen LogP contribution in [0.4, 0.5) is 0 Å². The second kappa shape index (κ2) is 19.3. The summed E-state index contributed by atoms with van der Waals surface area (Å²) in [6, 6.07) is 0. The molecule has 0 atom stereocenters. The Labute approximate surface area is 53.6 Å². The van der Waals surface area contributed by atoms with Crippen molar-refractivity contribution >= 4 is 25.2 Å². The van der Waals surface area contributed by atoms with Gasteiger partial charge in [-0.15, -0.1) is 11.6 Å². The van der Waals surface area contributed by atoms with Crippen LogP contribution in [0.3, 0.4) is 0 Å². The summed E-state index contributed by atoms with van der Waals surface area (Å²) in [6.45, 7) is 4.49. The number of rotatable bonds is 0. The first-order chi connectivity index (χ1) is 2.41. The summed E-state index contributed by atoms with van der Waals surface area (Å²) in [7, 11) is 0. The van der Waals surface area contributed by atoms with Crippen LogP contribution < -0.4 is 0 Å². The van der Waals surface area contributed by atoms with Crippen molar-refractivity contribution in [1.82, 2.24) is 0 Å². The summed E-state index contributed by atoms with van der Waals surface area (Å²) in [6.07, 6.45) is 0. The van der Waals surface area contributed by atoms with Crippen LogP contribution in [0.25, 0.3) is 0 Å². The van der Waals surface area contributed by atoms with Crippen molar-refractivity contribution in [3.8, 4) is 0 Å². The number of hydrogen-bond acceptors (Lipinski definition) is 0. The Morgan fingerprint density at radius 1 is 1.80 bits per heavy atom. The van der Waals surface area contributed by atoms with E-state index in [0.29, 0.717) is 0 Å². The topological polar surface area (TPSA) is 0 Å². The van der Waals surface area contributed by atoms with Crippen molar-refractivity contribution in [3.05, 3.63) is 12.1 Å². The second-order valence-electron chi connectivity index (χ2n) is 0.126. The Hall–Kier alpha value is 1.13. The van der Waals surface area contributed by atoms with Gasteiger partial charge >= 0.3 is 30.0 Å². The molecule has 3 heteroatoms. The summed E-state index contributed by atoms with van der Waals surface area (Å²) in [5.74, 6) is 0. The zero-order valence-electron chi connectivity index (χ0n) is 2.62. The molecule has 0 aliphatic carbocycles. The zero-order valence-corrected chi connectivity index (χ0v) is 7.93. The predicted octanol–water partition coefficient (Wildman–Crippen LogP) is 2.01. The van der Waals surface area contributed by atoms with E-state index < -0.39 is 0 Å². The quantitative estimate of drug-likeness (QED) is 0.420. The molecular weight excluding hydrogens is 205 g/mol. The van der Waals surface area contributed by atoms with Gasteiger partial charge in [0.2, 0.25) is 0 Å². The fourth-order valence-corrected chi connectivity index (χ4v) is 0. The molecule has 0 radical (unpaired) electrons. The Kier molecular flexibility index (Phi) is 36.5. The minimum atomic E-state index is 0.972. The molecule has 0 saturated carbocycles. The minimum absolute atomic E-state index is 0.972. The molecule has 0 saturated heterocycles. The molecule has 0 rings (SSSR count). The first-order valence-corrected chi connectivity index (χ1v) is 8.20. The van der Waals surface area contributed by atoms with E-state index in [1.54, 1.807) is 0 Å². The van der Waals surface area contributed by atoms with Gasteiger partial charge in [0.25, 0.3) is 0 Å². The standard InChI is InChI=1S/C2H2Cl.BrH.Zn/c1-2-3;;/h1-2H;1H;/q-1;;+2/p-1. The average molecular weight is 207 g/mol. The van der Waals surface area contributed by atoms with Gasteiger partial charge < -0.3 is 6.58 Å². The van der Waals surface area contributed by atoms with E-state index >= 15 is 0 Å². The summed E-state index contributed by atoms with van der Waals surface area (Å²) >= 11 is 8.90. The first kappa shape index (κ1) is 9.46. The third kappa shape index (κ3) is 39.2. The molecule has 0 amide bonds.